The second-order valence-electron chi connectivity index (χ2n) is 6.82. The Hall–Kier alpha value is -2.97. The Balaban J connectivity index is 1.34. The van der Waals surface area contributed by atoms with Crippen molar-refractivity contribution in [2.75, 3.05) is 13.1 Å². The number of carbonyl (C=O) groups is 1. The van der Waals surface area contributed by atoms with E-state index in [2.05, 4.69) is 15.3 Å². The van der Waals surface area contributed by atoms with Gasteiger partial charge in [0.2, 0.25) is 11.7 Å². The van der Waals surface area contributed by atoms with E-state index in [9.17, 15) is 4.79 Å². The molecule has 1 saturated heterocycles. The number of aryl methyl sites for hydroxylation is 1. The molecule has 4 aromatic rings. The highest BCUT2D eigenvalue weighted by Gasteiger charge is 2.38. The van der Waals surface area contributed by atoms with Crippen molar-refractivity contribution < 1.29 is 13.8 Å². The summed E-state index contributed by atoms with van der Waals surface area (Å²) in [5.41, 5.74) is 2.49. The Kier molecular flexibility index (Phi) is 4.44. The number of carbonyl (C=O) groups excluding carboxylic acids is 1. The molecule has 4 heterocycles. The molecule has 3 aromatic heterocycles. The van der Waals surface area contributed by atoms with Gasteiger partial charge >= 0.3 is 0 Å². The molecular weight excluding hydrogens is 412 g/mol. The molecule has 0 atom stereocenters. The lowest BCUT2D eigenvalue weighted by Gasteiger charge is -2.37. The Morgan fingerprint density at radius 1 is 1.21 bits per heavy atom. The molecule has 1 aliphatic heterocycles. The van der Waals surface area contributed by atoms with Gasteiger partial charge < -0.3 is 13.9 Å². The van der Waals surface area contributed by atoms with E-state index in [1.54, 1.807) is 29.2 Å². The summed E-state index contributed by atoms with van der Waals surface area (Å²) in [5, 5.41) is 12.6. The van der Waals surface area contributed by atoms with Gasteiger partial charge in [-0.25, -0.2) is 0 Å². The molecule has 0 saturated carbocycles. The average Bonchev–Trinajstić information content (AvgIpc) is 3.41. The van der Waals surface area contributed by atoms with E-state index in [4.69, 9.17) is 20.6 Å². The molecule has 9 heteroatoms. The molecule has 0 bridgehead atoms. The zero-order valence-corrected chi connectivity index (χ0v) is 16.9. The number of amides is 1. The largest absolute Gasteiger partial charge is 0.360 e. The zero-order chi connectivity index (χ0) is 20.0. The molecule has 0 aliphatic carbocycles. The molecule has 0 unspecified atom stereocenters. The molecule has 1 aliphatic rings. The van der Waals surface area contributed by atoms with Gasteiger partial charge in [0.25, 0.3) is 5.91 Å². The highest BCUT2D eigenvalue weighted by atomic mass is 35.5. The lowest BCUT2D eigenvalue weighted by Crippen LogP contribution is -2.48. The van der Waals surface area contributed by atoms with Crippen LogP contribution in [0.1, 0.15) is 27.9 Å². The first-order chi connectivity index (χ1) is 14.1. The fourth-order valence-corrected chi connectivity index (χ4v) is 4.19. The molecule has 1 aromatic carbocycles. The zero-order valence-electron chi connectivity index (χ0n) is 15.3. The number of halogens is 1. The molecule has 7 nitrogen and oxygen atoms in total. The number of benzene rings is 1. The normalized spacial score (nSPS) is 14.2. The van der Waals surface area contributed by atoms with Crippen molar-refractivity contribution in [2.24, 2.45) is 0 Å². The SMILES string of the molecule is Cc1onc(-c2ccccc2Cl)c1C(=O)N1CC(c2nc(-c3ccsc3)no2)C1. The first-order valence-corrected chi connectivity index (χ1v) is 10.3. The van der Waals surface area contributed by atoms with E-state index in [1.807, 2.05) is 35.0 Å². The number of thiophene rings is 1. The Labute approximate surface area is 174 Å². The van der Waals surface area contributed by atoms with Crippen LogP contribution < -0.4 is 0 Å². The van der Waals surface area contributed by atoms with Crippen molar-refractivity contribution in [1.29, 1.82) is 0 Å². The van der Waals surface area contributed by atoms with Gasteiger partial charge in [0, 0.05) is 29.6 Å². The van der Waals surface area contributed by atoms with Crippen LogP contribution in [0.5, 0.6) is 0 Å². The first kappa shape index (κ1) is 18.1. The van der Waals surface area contributed by atoms with Crippen molar-refractivity contribution in [3.05, 3.63) is 63.3 Å². The van der Waals surface area contributed by atoms with Gasteiger partial charge in [0.1, 0.15) is 17.0 Å². The lowest BCUT2D eigenvalue weighted by molar-refractivity contribution is 0.0568. The van der Waals surface area contributed by atoms with Crippen LogP contribution in [0.4, 0.5) is 0 Å². The molecule has 29 heavy (non-hydrogen) atoms. The summed E-state index contributed by atoms with van der Waals surface area (Å²) in [6.45, 7) is 2.72. The van der Waals surface area contributed by atoms with Crippen molar-refractivity contribution in [3.8, 4) is 22.6 Å². The monoisotopic (exact) mass is 426 g/mol. The average molecular weight is 427 g/mol. The summed E-state index contributed by atoms with van der Waals surface area (Å²) in [7, 11) is 0. The topological polar surface area (TPSA) is 85.3 Å². The second kappa shape index (κ2) is 7.13. The Bertz CT molecular complexity index is 1180. The summed E-state index contributed by atoms with van der Waals surface area (Å²) in [6, 6.07) is 9.20. The number of nitrogens with zero attached hydrogens (tertiary/aromatic N) is 4. The molecular formula is C20H15ClN4O3S. The van der Waals surface area contributed by atoms with Crippen LogP contribution in [0, 0.1) is 6.92 Å². The molecule has 1 fully saturated rings. The summed E-state index contributed by atoms with van der Waals surface area (Å²) < 4.78 is 10.7. The molecule has 0 radical (unpaired) electrons. The maximum Gasteiger partial charge on any atom is 0.259 e. The van der Waals surface area contributed by atoms with Crippen molar-refractivity contribution in [1.82, 2.24) is 20.2 Å². The highest BCUT2D eigenvalue weighted by Crippen LogP contribution is 2.34. The van der Waals surface area contributed by atoms with Crippen LogP contribution in [-0.4, -0.2) is 39.2 Å². The number of aromatic nitrogens is 3. The molecule has 0 N–H and O–H groups in total. The van der Waals surface area contributed by atoms with Gasteiger partial charge in [-0.05, 0) is 24.4 Å². The van der Waals surface area contributed by atoms with Crippen molar-refractivity contribution >= 4 is 28.8 Å². The van der Waals surface area contributed by atoms with Crippen LogP contribution in [0.15, 0.2) is 50.1 Å². The van der Waals surface area contributed by atoms with Gasteiger partial charge in [0.05, 0.1) is 10.9 Å². The summed E-state index contributed by atoms with van der Waals surface area (Å²) in [6.07, 6.45) is 0. The van der Waals surface area contributed by atoms with Crippen LogP contribution in [0.2, 0.25) is 5.02 Å². The van der Waals surface area contributed by atoms with Gasteiger partial charge in [0.15, 0.2) is 0 Å². The second-order valence-corrected chi connectivity index (χ2v) is 8.00. The van der Waals surface area contributed by atoms with E-state index in [0.717, 1.165) is 5.56 Å². The van der Waals surface area contributed by atoms with Gasteiger partial charge in [-0.2, -0.15) is 16.3 Å². The summed E-state index contributed by atoms with van der Waals surface area (Å²) >= 11 is 7.86. The first-order valence-electron chi connectivity index (χ1n) is 8.98. The van der Waals surface area contributed by atoms with E-state index in [0.29, 0.717) is 52.4 Å². The quantitative estimate of drug-likeness (QED) is 0.472. The Morgan fingerprint density at radius 2 is 2.03 bits per heavy atom. The van der Waals surface area contributed by atoms with E-state index < -0.39 is 0 Å². The van der Waals surface area contributed by atoms with E-state index in [1.165, 1.54) is 0 Å². The van der Waals surface area contributed by atoms with Gasteiger partial charge in [-0.1, -0.05) is 40.1 Å². The third-order valence-corrected chi connectivity index (χ3v) is 5.96. The Morgan fingerprint density at radius 3 is 2.79 bits per heavy atom. The number of hydrogen-bond donors (Lipinski definition) is 0. The standard InChI is InChI=1S/C20H15ClN4O3S/c1-11-16(17(23-27-11)14-4-2-3-5-15(14)21)20(26)25-8-13(9-25)19-22-18(24-28-19)12-6-7-29-10-12/h2-7,10,13H,8-9H2,1H3. The fourth-order valence-electron chi connectivity index (χ4n) is 3.33. The van der Waals surface area contributed by atoms with Gasteiger partial charge in [-0.15, -0.1) is 0 Å². The maximum absolute atomic E-state index is 13.1. The molecule has 0 spiro atoms. The predicted octanol–water partition coefficient (Wildman–Crippen LogP) is 4.65. The smallest absolute Gasteiger partial charge is 0.259 e. The summed E-state index contributed by atoms with van der Waals surface area (Å²) in [4.78, 5) is 19.3. The fraction of sp³-hybridized carbons (Fsp3) is 0.200. The highest BCUT2D eigenvalue weighted by molar-refractivity contribution is 7.08. The predicted molar refractivity (Wildman–Crippen MR) is 108 cm³/mol. The number of hydrogen-bond acceptors (Lipinski definition) is 7. The van der Waals surface area contributed by atoms with E-state index >= 15 is 0 Å². The van der Waals surface area contributed by atoms with Crippen LogP contribution in [0.3, 0.4) is 0 Å². The third-order valence-electron chi connectivity index (χ3n) is 4.94. The van der Waals surface area contributed by atoms with Crippen molar-refractivity contribution in [2.45, 2.75) is 12.8 Å². The van der Waals surface area contributed by atoms with Crippen LogP contribution >= 0.6 is 22.9 Å². The van der Waals surface area contributed by atoms with Crippen LogP contribution in [-0.2, 0) is 0 Å². The van der Waals surface area contributed by atoms with Gasteiger partial charge in [-0.3, -0.25) is 4.79 Å². The maximum atomic E-state index is 13.1. The van der Waals surface area contributed by atoms with E-state index in [-0.39, 0.29) is 11.8 Å². The number of rotatable bonds is 4. The van der Waals surface area contributed by atoms with Crippen LogP contribution in [0.25, 0.3) is 22.6 Å². The minimum atomic E-state index is -0.146. The molecule has 5 rings (SSSR count). The molecule has 1 amide bonds. The lowest BCUT2D eigenvalue weighted by atomic mass is 9.97. The van der Waals surface area contributed by atoms with Crippen molar-refractivity contribution in [3.63, 3.8) is 0 Å². The summed E-state index contributed by atoms with van der Waals surface area (Å²) in [5.74, 6) is 1.45. The minimum Gasteiger partial charge on any atom is -0.360 e. The number of likely N-dealkylation sites (tertiary alicyclic amines) is 1. The third kappa shape index (κ3) is 3.14. The molecule has 146 valence electrons. The minimum absolute atomic E-state index is 0.0164.